The molecule has 0 saturated carbocycles. The van der Waals surface area contributed by atoms with Crippen LogP contribution in [0.5, 0.6) is 0 Å². The minimum absolute atomic E-state index is 0.116. The van der Waals surface area contributed by atoms with Crippen LogP contribution >= 0.6 is 0 Å². The zero-order valence-corrected chi connectivity index (χ0v) is 11.4. The highest BCUT2D eigenvalue weighted by molar-refractivity contribution is 5.81. The predicted octanol–water partition coefficient (Wildman–Crippen LogP) is 3.33. The number of furan rings is 1. The van der Waals surface area contributed by atoms with E-state index < -0.39 is 0 Å². The number of fused-ring (bicyclic) bond motifs is 1. The van der Waals surface area contributed by atoms with Crippen molar-refractivity contribution < 1.29 is 8.94 Å². The van der Waals surface area contributed by atoms with Crippen LogP contribution in [0.3, 0.4) is 0 Å². The maximum absolute atomic E-state index is 5.75. The Hall–Kier alpha value is -2.14. The van der Waals surface area contributed by atoms with Crippen molar-refractivity contribution in [2.75, 3.05) is 6.54 Å². The van der Waals surface area contributed by atoms with Crippen molar-refractivity contribution in [2.24, 2.45) is 5.73 Å². The van der Waals surface area contributed by atoms with Crippen molar-refractivity contribution in [2.45, 2.75) is 25.7 Å². The first kappa shape index (κ1) is 12.9. The number of benzene rings is 1. The van der Waals surface area contributed by atoms with Gasteiger partial charge < -0.3 is 14.7 Å². The summed E-state index contributed by atoms with van der Waals surface area (Å²) in [6, 6.07) is 9.72. The summed E-state index contributed by atoms with van der Waals surface area (Å²) < 4.78 is 11.0. The molecule has 0 saturated heterocycles. The summed E-state index contributed by atoms with van der Waals surface area (Å²) in [6.45, 7) is 2.62. The third-order valence-electron chi connectivity index (χ3n) is 3.36. The van der Waals surface area contributed by atoms with Gasteiger partial charge >= 0.3 is 0 Å². The molecular weight excluding hydrogens is 254 g/mol. The van der Waals surface area contributed by atoms with E-state index in [-0.39, 0.29) is 5.92 Å². The Bertz CT molecular complexity index is 669. The summed E-state index contributed by atoms with van der Waals surface area (Å²) in [5, 5.41) is 5.02. The molecular formula is C15H17N3O2. The maximum Gasteiger partial charge on any atom is 0.238 e. The molecule has 3 rings (SSSR count). The first-order chi connectivity index (χ1) is 9.81. The van der Waals surface area contributed by atoms with E-state index in [9.17, 15) is 0 Å². The van der Waals surface area contributed by atoms with E-state index in [1.165, 1.54) is 0 Å². The van der Waals surface area contributed by atoms with Crippen molar-refractivity contribution >= 4 is 11.0 Å². The van der Waals surface area contributed by atoms with Gasteiger partial charge in [-0.2, -0.15) is 4.98 Å². The predicted molar refractivity (Wildman–Crippen MR) is 76.2 cm³/mol. The molecule has 2 heterocycles. The fourth-order valence-electron chi connectivity index (χ4n) is 2.28. The number of rotatable bonds is 5. The molecule has 5 heteroatoms. The Morgan fingerprint density at radius 2 is 2.15 bits per heavy atom. The normalized spacial score (nSPS) is 12.9. The zero-order valence-electron chi connectivity index (χ0n) is 11.4. The highest BCUT2D eigenvalue weighted by Gasteiger charge is 2.19. The fourth-order valence-corrected chi connectivity index (χ4v) is 2.28. The van der Waals surface area contributed by atoms with Gasteiger partial charge in [0.15, 0.2) is 5.76 Å². The summed E-state index contributed by atoms with van der Waals surface area (Å²) in [6.07, 6.45) is 1.97. The quantitative estimate of drug-likeness (QED) is 0.770. The smallest absolute Gasteiger partial charge is 0.238 e. The van der Waals surface area contributed by atoms with Crippen molar-refractivity contribution in [3.63, 3.8) is 0 Å². The molecule has 20 heavy (non-hydrogen) atoms. The molecule has 0 spiro atoms. The molecule has 5 nitrogen and oxygen atoms in total. The van der Waals surface area contributed by atoms with E-state index in [0.717, 1.165) is 23.8 Å². The van der Waals surface area contributed by atoms with Gasteiger partial charge in [-0.05, 0) is 18.6 Å². The summed E-state index contributed by atoms with van der Waals surface area (Å²) in [4.78, 5) is 4.41. The molecule has 0 amide bonds. The van der Waals surface area contributed by atoms with Gasteiger partial charge in [-0.3, -0.25) is 0 Å². The molecule has 0 fully saturated rings. The standard InChI is InChI=1S/C15H17N3O2/c1-2-5-11(9-16)15-17-14(18-20-15)13-8-10-6-3-4-7-12(10)19-13/h3-4,6-8,11H,2,5,9,16H2,1H3. The SMILES string of the molecule is CCCC(CN)c1nc(-c2cc3ccccc3o2)no1. The Labute approximate surface area is 116 Å². The lowest BCUT2D eigenvalue weighted by Crippen LogP contribution is -2.12. The molecule has 0 aliphatic carbocycles. The van der Waals surface area contributed by atoms with Gasteiger partial charge in [-0.15, -0.1) is 0 Å². The monoisotopic (exact) mass is 271 g/mol. The molecule has 0 radical (unpaired) electrons. The molecule has 1 unspecified atom stereocenters. The second-order valence-electron chi connectivity index (χ2n) is 4.83. The average Bonchev–Trinajstić information content (AvgIpc) is 3.10. The first-order valence-electron chi connectivity index (χ1n) is 6.84. The molecule has 1 atom stereocenters. The number of nitrogens with two attached hydrogens (primary N) is 1. The summed E-state index contributed by atoms with van der Waals surface area (Å²) >= 11 is 0. The fraction of sp³-hybridized carbons (Fsp3) is 0.333. The van der Waals surface area contributed by atoms with Crippen molar-refractivity contribution in [1.29, 1.82) is 0 Å². The Morgan fingerprint density at radius 3 is 2.90 bits per heavy atom. The van der Waals surface area contributed by atoms with E-state index in [2.05, 4.69) is 17.1 Å². The molecule has 0 aliphatic heterocycles. The van der Waals surface area contributed by atoms with Gasteiger partial charge in [-0.1, -0.05) is 36.7 Å². The summed E-state index contributed by atoms with van der Waals surface area (Å²) in [5.74, 6) is 1.80. The molecule has 2 aromatic heterocycles. The third kappa shape index (κ3) is 2.32. The van der Waals surface area contributed by atoms with Crippen LogP contribution in [0.4, 0.5) is 0 Å². The van der Waals surface area contributed by atoms with E-state index in [1.807, 2.05) is 30.3 Å². The lowest BCUT2D eigenvalue weighted by atomic mass is 10.0. The topological polar surface area (TPSA) is 78.1 Å². The molecule has 1 aromatic carbocycles. The van der Waals surface area contributed by atoms with Gasteiger partial charge in [0.25, 0.3) is 0 Å². The van der Waals surface area contributed by atoms with Gasteiger partial charge in [0.1, 0.15) is 5.58 Å². The number of hydrogen-bond donors (Lipinski definition) is 1. The minimum Gasteiger partial charge on any atom is -0.453 e. The van der Waals surface area contributed by atoms with Crippen LogP contribution in [0.1, 0.15) is 31.6 Å². The summed E-state index contributed by atoms with van der Waals surface area (Å²) in [5.41, 5.74) is 6.57. The Balaban J connectivity index is 1.92. The maximum atomic E-state index is 5.75. The van der Waals surface area contributed by atoms with Crippen molar-refractivity contribution in [3.8, 4) is 11.6 Å². The van der Waals surface area contributed by atoms with Gasteiger partial charge in [0.2, 0.25) is 11.7 Å². The van der Waals surface area contributed by atoms with Crippen molar-refractivity contribution in [3.05, 3.63) is 36.2 Å². The highest BCUT2D eigenvalue weighted by atomic mass is 16.5. The molecule has 3 aromatic rings. The Morgan fingerprint density at radius 1 is 1.30 bits per heavy atom. The zero-order chi connectivity index (χ0) is 13.9. The largest absolute Gasteiger partial charge is 0.453 e. The molecule has 104 valence electrons. The molecule has 0 bridgehead atoms. The van der Waals surface area contributed by atoms with E-state index in [4.69, 9.17) is 14.7 Å². The van der Waals surface area contributed by atoms with E-state index >= 15 is 0 Å². The van der Waals surface area contributed by atoms with E-state index in [1.54, 1.807) is 0 Å². The Kier molecular flexibility index (Phi) is 3.52. The summed E-state index contributed by atoms with van der Waals surface area (Å²) in [7, 11) is 0. The van der Waals surface area contributed by atoms with Crippen LogP contribution in [0.25, 0.3) is 22.6 Å². The van der Waals surface area contributed by atoms with Crippen LogP contribution in [0, 0.1) is 0 Å². The highest BCUT2D eigenvalue weighted by Crippen LogP contribution is 2.27. The number of hydrogen-bond acceptors (Lipinski definition) is 5. The van der Waals surface area contributed by atoms with Crippen LogP contribution in [0.15, 0.2) is 39.3 Å². The minimum atomic E-state index is 0.116. The van der Waals surface area contributed by atoms with Crippen LogP contribution in [0.2, 0.25) is 0 Å². The number of nitrogens with zero attached hydrogens (tertiary/aromatic N) is 2. The van der Waals surface area contributed by atoms with Gasteiger partial charge in [0, 0.05) is 11.9 Å². The lowest BCUT2D eigenvalue weighted by Gasteiger charge is -2.06. The van der Waals surface area contributed by atoms with Crippen LogP contribution in [-0.2, 0) is 0 Å². The second kappa shape index (κ2) is 5.46. The van der Waals surface area contributed by atoms with Gasteiger partial charge in [-0.25, -0.2) is 0 Å². The van der Waals surface area contributed by atoms with Crippen LogP contribution < -0.4 is 5.73 Å². The van der Waals surface area contributed by atoms with Crippen molar-refractivity contribution in [1.82, 2.24) is 10.1 Å². The molecule has 0 aliphatic rings. The third-order valence-corrected chi connectivity index (χ3v) is 3.36. The average molecular weight is 271 g/mol. The first-order valence-corrected chi connectivity index (χ1v) is 6.84. The van der Waals surface area contributed by atoms with E-state index in [0.29, 0.717) is 24.0 Å². The lowest BCUT2D eigenvalue weighted by molar-refractivity contribution is 0.347. The van der Waals surface area contributed by atoms with Gasteiger partial charge in [0.05, 0.1) is 5.92 Å². The number of para-hydroxylation sites is 1. The number of aromatic nitrogens is 2. The molecule has 2 N–H and O–H groups in total. The van der Waals surface area contributed by atoms with Crippen LogP contribution in [-0.4, -0.2) is 16.7 Å². The second-order valence-corrected chi connectivity index (χ2v) is 4.83.